The second-order valence-corrected chi connectivity index (χ2v) is 4.63. The number of para-hydroxylation sites is 1. The van der Waals surface area contributed by atoms with Crippen LogP contribution in [0.25, 0.3) is 0 Å². The number of rotatable bonds is 6. The van der Waals surface area contributed by atoms with Crippen LogP contribution in [0.1, 0.15) is 37.7 Å². The molecule has 0 aliphatic carbocycles. The summed E-state index contributed by atoms with van der Waals surface area (Å²) in [6, 6.07) is 9.33. The molecule has 0 saturated heterocycles. The highest BCUT2D eigenvalue weighted by Gasteiger charge is 2.18. The van der Waals surface area contributed by atoms with Crippen LogP contribution in [-0.2, 0) is 6.42 Å². The van der Waals surface area contributed by atoms with E-state index in [2.05, 4.69) is 36.2 Å². The Labute approximate surface area is 98.6 Å². The molecule has 86 valence electrons. The molecule has 0 spiro atoms. The molecule has 1 N–H and O–H groups in total. The second-order valence-electron chi connectivity index (χ2n) is 4.63. The number of anilines is 1. The molecule has 1 aliphatic rings. The summed E-state index contributed by atoms with van der Waals surface area (Å²) in [5.41, 5.74) is 2.83. The number of hydrogen-bond donors (Lipinski definition) is 1. The third-order valence-electron chi connectivity index (χ3n) is 3.30. The average Bonchev–Trinajstić information content (AvgIpc) is 2.71. The topological polar surface area (TPSA) is 12.0 Å². The monoisotopic (exact) mass is 215 g/mol. The van der Waals surface area contributed by atoms with Gasteiger partial charge in [-0.1, -0.05) is 37.1 Å². The standard InChI is InChI=1S/C15H21N/c1-2-3-4-5-6-10-14-12-13-9-7-8-11-15(13)16-14/h2,7-9,11,14,16H,1,3-6,10,12H2. The zero-order valence-corrected chi connectivity index (χ0v) is 9.91. The lowest BCUT2D eigenvalue weighted by Gasteiger charge is -2.10. The molecule has 1 unspecified atom stereocenters. The van der Waals surface area contributed by atoms with Crippen molar-refractivity contribution in [3.05, 3.63) is 42.5 Å². The molecule has 1 aliphatic heterocycles. The molecule has 0 saturated carbocycles. The van der Waals surface area contributed by atoms with E-state index in [-0.39, 0.29) is 0 Å². The fourth-order valence-electron chi connectivity index (χ4n) is 2.41. The minimum absolute atomic E-state index is 0.668. The summed E-state index contributed by atoms with van der Waals surface area (Å²) in [5.74, 6) is 0. The zero-order chi connectivity index (χ0) is 11.2. The van der Waals surface area contributed by atoms with Crippen molar-refractivity contribution in [3.8, 4) is 0 Å². The zero-order valence-electron chi connectivity index (χ0n) is 9.91. The average molecular weight is 215 g/mol. The third-order valence-corrected chi connectivity index (χ3v) is 3.30. The van der Waals surface area contributed by atoms with Crippen LogP contribution >= 0.6 is 0 Å². The first kappa shape index (κ1) is 11.3. The normalized spacial score (nSPS) is 17.9. The molecule has 0 fully saturated rings. The van der Waals surface area contributed by atoms with Gasteiger partial charge in [0.25, 0.3) is 0 Å². The van der Waals surface area contributed by atoms with Crippen molar-refractivity contribution >= 4 is 5.69 Å². The smallest absolute Gasteiger partial charge is 0.0375 e. The number of benzene rings is 1. The minimum atomic E-state index is 0.668. The van der Waals surface area contributed by atoms with Crippen LogP contribution in [0, 0.1) is 0 Å². The minimum Gasteiger partial charge on any atom is -0.382 e. The van der Waals surface area contributed by atoms with Crippen molar-refractivity contribution in [3.63, 3.8) is 0 Å². The van der Waals surface area contributed by atoms with Gasteiger partial charge in [0.15, 0.2) is 0 Å². The van der Waals surface area contributed by atoms with E-state index in [0.717, 1.165) is 0 Å². The molecule has 16 heavy (non-hydrogen) atoms. The predicted octanol–water partition coefficient (Wildman–Crippen LogP) is 4.16. The van der Waals surface area contributed by atoms with Crippen molar-refractivity contribution < 1.29 is 0 Å². The van der Waals surface area contributed by atoms with Gasteiger partial charge in [0, 0.05) is 11.7 Å². The Balaban J connectivity index is 1.69. The van der Waals surface area contributed by atoms with E-state index in [1.807, 2.05) is 6.08 Å². The van der Waals surface area contributed by atoms with Crippen molar-refractivity contribution in [1.82, 2.24) is 0 Å². The first-order valence-corrected chi connectivity index (χ1v) is 6.35. The predicted molar refractivity (Wildman–Crippen MR) is 70.8 cm³/mol. The van der Waals surface area contributed by atoms with Gasteiger partial charge >= 0.3 is 0 Å². The lowest BCUT2D eigenvalue weighted by molar-refractivity contribution is 0.588. The van der Waals surface area contributed by atoms with Crippen molar-refractivity contribution in [2.45, 2.75) is 44.6 Å². The number of nitrogens with one attached hydrogen (secondary N) is 1. The van der Waals surface area contributed by atoms with E-state index in [0.29, 0.717) is 6.04 Å². The first-order valence-electron chi connectivity index (χ1n) is 6.35. The highest BCUT2D eigenvalue weighted by Crippen LogP contribution is 2.27. The van der Waals surface area contributed by atoms with Crippen LogP contribution in [0.3, 0.4) is 0 Å². The summed E-state index contributed by atoms with van der Waals surface area (Å²) in [7, 11) is 0. The summed E-state index contributed by atoms with van der Waals surface area (Å²) in [6.07, 6.45) is 9.65. The summed E-state index contributed by atoms with van der Waals surface area (Å²) in [4.78, 5) is 0. The molecule has 1 nitrogen and oxygen atoms in total. The van der Waals surface area contributed by atoms with E-state index in [9.17, 15) is 0 Å². The van der Waals surface area contributed by atoms with Crippen LogP contribution in [0.5, 0.6) is 0 Å². The van der Waals surface area contributed by atoms with E-state index < -0.39 is 0 Å². The molecule has 1 aromatic carbocycles. The van der Waals surface area contributed by atoms with Gasteiger partial charge in [0.05, 0.1) is 0 Å². The Morgan fingerprint density at radius 2 is 2.12 bits per heavy atom. The molecule has 1 heteroatoms. The summed E-state index contributed by atoms with van der Waals surface area (Å²) < 4.78 is 0. The van der Waals surface area contributed by atoms with Gasteiger partial charge in [-0.15, -0.1) is 6.58 Å². The molecular formula is C15H21N. The highest BCUT2D eigenvalue weighted by atomic mass is 14.9. The molecule has 0 aromatic heterocycles. The quantitative estimate of drug-likeness (QED) is 0.555. The largest absolute Gasteiger partial charge is 0.382 e. The molecule has 1 aromatic rings. The van der Waals surface area contributed by atoms with Crippen molar-refractivity contribution in [1.29, 1.82) is 0 Å². The van der Waals surface area contributed by atoms with Crippen LogP contribution in [0.4, 0.5) is 5.69 Å². The Bertz CT molecular complexity index is 318. The first-order chi connectivity index (χ1) is 7.90. The van der Waals surface area contributed by atoms with Gasteiger partial charge in [-0.3, -0.25) is 0 Å². The van der Waals surface area contributed by atoms with E-state index in [1.54, 1.807) is 0 Å². The molecule has 0 bridgehead atoms. The van der Waals surface area contributed by atoms with Crippen LogP contribution < -0.4 is 5.32 Å². The van der Waals surface area contributed by atoms with Gasteiger partial charge in [-0.25, -0.2) is 0 Å². The number of fused-ring (bicyclic) bond motifs is 1. The number of unbranched alkanes of at least 4 members (excludes halogenated alkanes) is 3. The van der Waals surface area contributed by atoms with E-state index in [1.165, 1.54) is 49.8 Å². The maximum absolute atomic E-state index is 3.75. The number of hydrogen-bond acceptors (Lipinski definition) is 1. The SMILES string of the molecule is C=CCCCCCC1Cc2ccccc2N1. The molecule has 1 heterocycles. The highest BCUT2D eigenvalue weighted by molar-refractivity contribution is 5.56. The van der Waals surface area contributed by atoms with Gasteiger partial charge in [0.2, 0.25) is 0 Å². The Morgan fingerprint density at radius 3 is 2.94 bits per heavy atom. The van der Waals surface area contributed by atoms with Gasteiger partial charge in [-0.2, -0.15) is 0 Å². The maximum Gasteiger partial charge on any atom is 0.0375 e. The van der Waals surface area contributed by atoms with Gasteiger partial charge in [-0.05, 0) is 37.3 Å². The molecular weight excluding hydrogens is 194 g/mol. The summed E-state index contributed by atoms with van der Waals surface area (Å²) in [6.45, 7) is 3.75. The second kappa shape index (κ2) is 5.74. The van der Waals surface area contributed by atoms with E-state index in [4.69, 9.17) is 0 Å². The van der Waals surface area contributed by atoms with Gasteiger partial charge in [0.1, 0.15) is 0 Å². The molecule has 0 amide bonds. The molecule has 2 rings (SSSR count). The van der Waals surface area contributed by atoms with Crippen LogP contribution in [0.15, 0.2) is 36.9 Å². The van der Waals surface area contributed by atoms with Crippen LogP contribution in [0.2, 0.25) is 0 Å². The van der Waals surface area contributed by atoms with Crippen molar-refractivity contribution in [2.24, 2.45) is 0 Å². The molecule has 0 radical (unpaired) electrons. The summed E-state index contributed by atoms with van der Waals surface area (Å²) in [5, 5.41) is 3.61. The molecule has 1 atom stereocenters. The van der Waals surface area contributed by atoms with E-state index >= 15 is 0 Å². The van der Waals surface area contributed by atoms with Crippen LogP contribution in [-0.4, -0.2) is 6.04 Å². The lowest BCUT2D eigenvalue weighted by Crippen LogP contribution is -2.14. The lowest BCUT2D eigenvalue weighted by atomic mass is 10.0. The fraction of sp³-hybridized carbons (Fsp3) is 0.467. The Kier molecular flexibility index (Phi) is 4.03. The third kappa shape index (κ3) is 2.88. The summed E-state index contributed by atoms with van der Waals surface area (Å²) >= 11 is 0. The fourth-order valence-corrected chi connectivity index (χ4v) is 2.41. The maximum atomic E-state index is 3.75. The number of allylic oxidation sites excluding steroid dienone is 1. The van der Waals surface area contributed by atoms with Gasteiger partial charge < -0.3 is 5.32 Å². The van der Waals surface area contributed by atoms with Crippen molar-refractivity contribution in [2.75, 3.05) is 5.32 Å². The Hall–Kier alpha value is -1.24. The Morgan fingerprint density at radius 1 is 1.25 bits per heavy atom.